The van der Waals surface area contributed by atoms with Crippen molar-refractivity contribution in [3.63, 3.8) is 0 Å². The van der Waals surface area contributed by atoms with Crippen molar-refractivity contribution in [2.75, 3.05) is 13.7 Å². The lowest BCUT2D eigenvalue weighted by Crippen LogP contribution is -2.31. The number of halogens is 1. The summed E-state index contributed by atoms with van der Waals surface area (Å²) in [6, 6.07) is 18.6. The molecule has 0 saturated carbocycles. The van der Waals surface area contributed by atoms with Crippen molar-refractivity contribution in [1.82, 2.24) is 5.32 Å². The third kappa shape index (κ3) is 5.30. The minimum Gasteiger partial charge on any atom is -0.496 e. The number of rotatable bonds is 7. The molecule has 0 radical (unpaired) electrons. The number of benzene rings is 3. The summed E-state index contributed by atoms with van der Waals surface area (Å²) < 4.78 is 36.2. The molecule has 1 amide bonds. The summed E-state index contributed by atoms with van der Waals surface area (Å²) in [6.07, 6.45) is -0.654. The second kappa shape index (κ2) is 10.1. The second-order valence-corrected chi connectivity index (χ2v) is 7.27. The van der Waals surface area contributed by atoms with E-state index in [1.165, 1.54) is 19.2 Å². The number of carbonyl (C=O) groups excluding carboxylic acids is 2. The van der Waals surface area contributed by atoms with Crippen LogP contribution in [0.5, 0.6) is 11.5 Å². The molecule has 1 aliphatic rings. The van der Waals surface area contributed by atoms with Crippen LogP contribution in [-0.2, 0) is 27.5 Å². The Morgan fingerprint density at radius 2 is 1.85 bits per heavy atom. The van der Waals surface area contributed by atoms with E-state index in [2.05, 4.69) is 5.32 Å². The summed E-state index contributed by atoms with van der Waals surface area (Å²) in [6.45, 7) is -0.418. The number of carbonyl (C=O) groups is 2. The van der Waals surface area contributed by atoms with E-state index in [0.29, 0.717) is 28.2 Å². The quantitative estimate of drug-likeness (QED) is 0.549. The van der Waals surface area contributed by atoms with Crippen molar-refractivity contribution in [1.29, 1.82) is 0 Å². The van der Waals surface area contributed by atoms with Gasteiger partial charge in [-0.1, -0.05) is 42.5 Å². The Bertz CT molecular complexity index is 1150. The van der Waals surface area contributed by atoms with E-state index in [-0.39, 0.29) is 19.8 Å². The number of hydrogen-bond donors (Lipinski definition) is 1. The second-order valence-electron chi connectivity index (χ2n) is 7.27. The summed E-state index contributed by atoms with van der Waals surface area (Å²) in [4.78, 5) is 24.5. The SMILES string of the molecule is COc1ccccc1C(=O)NCC(=O)OCc1cc(F)cc2c1O[C@H](c1ccccc1)OC2. The minimum absolute atomic E-state index is 0.155. The van der Waals surface area contributed by atoms with Crippen LogP contribution in [0, 0.1) is 5.82 Å². The molecule has 1 heterocycles. The summed E-state index contributed by atoms with van der Waals surface area (Å²) in [5, 5.41) is 2.49. The number of nitrogens with one attached hydrogen (secondary N) is 1. The molecule has 0 spiro atoms. The molecule has 3 aromatic rings. The Morgan fingerprint density at radius 1 is 1.09 bits per heavy atom. The number of ether oxygens (including phenoxy) is 4. The first-order valence-corrected chi connectivity index (χ1v) is 10.3. The molecule has 0 saturated heterocycles. The fraction of sp³-hybridized carbons (Fsp3) is 0.200. The predicted octanol–water partition coefficient (Wildman–Crippen LogP) is 3.92. The van der Waals surface area contributed by atoms with Gasteiger partial charge in [-0.2, -0.15) is 0 Å². The largest absolute Gasteiger partial charge is 0.496 e. The molecule has 0 fully saturated rings. The van der Waals surface area contributed by atoms with Crippen molar-refractivity contribution in [3.8, 4) is 11.5 Å². The van der Waals surface area contributed by atoms with E-state index < -0.39 is 24.0 Å². The van der Waals surface area contributed by atoms with Gasteiger partial charge in [0.1, 0.15) is 30.5 Å². The van der Waals surface area contributed by atoms with Gasteiger partial charge in [0.25, 0.3) is 5.91 Å². The van der Waals surface area contributed by atoms with Crippen molar-refractivity contribution in [2.45, 2.75) is 19.5 Å². The van der Waals surface area contributed by atoms with Crippen LogP contribution in [0.15, 0.2) is 66.7 Å². The molecule has 8 heteroatoms. The van der Waals surface area contributed by atoms with Crippen LogP contribution >= 0.6 is 0 Å². The summed E-state index contributed by atoms with van der Waals surface area (Å²) in [5.41, 5.74) is 2.01. The van der Waals surface area contributed by atoms with Crippen LogP contribution in [0.1, 0.15) is 33.3 Å². The maximum atomic E-state index is 14.1. The van der Waals surface area contributed by atoms with E-state index in [1.807, 2.05) is 30.3 Å². The van der Waals surface area contributed by atoms with Crippen molar-refractivity contribution in [3.05, 3.63) is 94.8 Å². The first-order valence-electron chi connectivity index (χ1n) is 10.3. The van der Waals surface area contributed by atoms with Crippen molar-refractivity contribution < 1.29 is 32.9 Å². The average molecular weight is 451 g/mol. The Morgan fingerprint density at radius 3 is 2.64 bits per heavy atom. The number of esters is 1. The third-order valence-electron chi connectivity index (χ3n) is 5.03. The van der Waals surface area contributed by atoms with Crippen molar-refractivity contribution >= 4 is 11.9 Å². The van der Waals surface area contributed by atoms with Gasteiger partial charge in [-0.05, 0) is 24.3 Å². The Labute approximate surface area is 190 Å². The van der Waals surface area contributed by atoms with Crippen LogP contribution in [0.25, 0.3) is 0 Å². The highest BCUT2D eigenvalue weighted by Gasteiger charge is 2.25. The van der Waals surface area contributed by atoms with E-state index in [9.17, 15) is 14.0 Å². The topological polar surface area (TPSA) is 83.1 Å². The van der Waals surface area contributed by atoms with Crippen LogP contribution < -0.4 is 14.8 Å². The smallest absolute Gasteiger partial charge is 0.325 e. The van der Waals surface area contributed by atoms with Gasteiger partial charge in [0.05, 0.1) is 19.3 Å². The van der Waals surface area contributed by atoms with Gasteiger partial charge in [0.15, 0.2) is 0 Å². The molecule has 1 N–H and O–H groups in total. The molecule has 0 bridgehead atoms. The first-order chi connectivity index (χ1) is 16.0. The number of hydrogen-bond acceptors (Lipinski definition) is 6. The monoisotopic (exact) mass is 451 g/mol. The molecule has 0 aromatic heterocycles. The van der Waals surface area contributed by atoms with E-state index in [1.54, 1.807) is 24.3 Å². The summed E-state index contributed by atoms with van der Waals surface area (Å²) >= 11 is 0. The number of methoxy groups -OCH3 is 1. The number of amides is 1. The van der Waals surface area contributed by atoms with Crippen LogP contribution in [-0.4, -0.2) is 25.5 Å². The van der Waals surface area contributed by atoms with Gasteiger partial charge in [0.2, 0.25) is 6.29 Å². The Hall–Kier alpha value is -3.91. The maximum Gasteiger partial charge on any atom is 0.325 e. The lowest BCUT2D eigenvalue weighted by molar-refractivity contribution is -0.144. The average Bonchev–Trinajstić information content (AvgIpc) is 2.86. The van der Waals surface area contributed by atoms with Gasteiger partial charge < -0.3 is 24.3 Å². The molecular formula is C25H22FNO6. The van der Waals surface area contributed by atoms with Crippen LogP contribution in [0.3, 0.4) is 0 Å². The van der Waals surface area contributed by atoms with Crippen LogP contribution in [0.2, 0.25) is 0 Å². The zero-order valence-corrected chi connectivity index (χ0v) is 17.9. The van der Waals surface area contributed by atoms with E-state index >= 15 is 0 Å². The molecule has 1 atom stereocenters. The van der Waals surface area contributed by atoms with Gasteiger partial charge >= 0.3 is 5.97 Å². The molecule has 7 nitrogen and oxygen atoms in total. The lowest BCUT2D eigenvalue weighted by atomic mass is 10.1. The Balaban J connectivity index is 1.39. The van der Waals surface area contributed by atoms with Crippen LogP contribution in [0.4, 0.5) is 4.39 Å². The Kier molecular flexibility index (Phi) is 6.85. The highest BCUT2D eigenvalue weighted by molar-refractivity contribution is 5.98. The standard InChI is InChI=1S/C25H22FNO6/c1-30-21-10-6-5-9-20(21)24(29)27-13-22(28)31-14-17-11-19(26)12-18-15-32-25(33-23(17)18)16-7-3-2-4-8-16/h2-12,25H,13-15H2,1H3,(H,27,29)/t25-/m1/s1. The number of fused-ring (bicyclic) bond motifs is 1. The van der Waals surface area contributed by atoms with Gasteiger partial charge in [0, 0.05) is 16.7 Å². The van der Waals surface area contributed by atoms with Gasteiger partial charge in [-0.25, -0.2) is 4.39 Å². The molecule has 0 aliphatic carbocycles. The minimum atomic E-state index is -0.678. The zero-order valence-electron chi connectivity index (χ0n) is 17.9. The molecular weight excluding hydrogens is 429 g/mol. The highest BCUT2D eigenvalue weighted by Crippen LogP contribution is 2.36. The van der Waals surface area contributed by atoms with Gasteiger partial charge in [-0.3, -0.25) is 9.59 Å². The molecule has 4 rings (SSSR count). The molecule has 1 aliphatic heterocycles. The molecule has 0 unspecified atom stereocenters. The summed E-state index contributed by atoms with van der Waals surface area (Å²) in [7, 11) is 1.45. The molecule has 33 heavy (non-hydrogen) atoms. The number of para-hydroxylation sites is 1. The molecule has 170 valence electrons. The molecule has 3 aromatic carbocycles. The lowest BCUT2D eigenvalue weighted by Gasteiger charge is -2.28. The van der Waals surface area contributed by atoms with E-state index in [0.717, 1.165) is 5.56 Å². The summed E-state index contributed by atoms with van der Waals surface area (Å²) in [5.74, 6) is -0.833. The fourth-order valence-electron chi connectivity index (χ4n) is 3.45. The maximum absolute atomic E-state index is 14.1. The normalized spacial score (nSPS) is 14.5. The zero-order chi connectivity index (χ0) is 23.2. The fourth-order valence-corrected chi connectivity index (χ4v) is 3.45. The van der Waals surface area contributed by atoms with E-state index in [4.69, 9.17) is 18.9 Å². The van der Waals surface area contributed by atoms with Crippen molar-refractivity contribution in [2.24, 2.45) is 0 Å². The van der Waals surface area contributed by atoms with Gasteiger partial charge in [-0.15, -0.1) is 0 Å². The first kappa shape index (κ1) is 22.3. The predicted molar refractivity (Wildman–Crippen MR) is 116 cm³/mol. The third-order valence-corrected chi connectivity index (χ3v) is 5.03. The highest BCUT2D eigenvalue weighted by atomic mass is 19.1.